The topological polar surface area (TPSA) is 89.0 Å². The number of amides is 1. The van der Waals surface area contributed by atoms with Crippen LogP contribution in [-0.4, -0.2) is 47.1 Å². The van der Waals surface area contributed by atoms with E-state index in [2.05, 4.69) is 4.98 Å². The second-order valence-corrected chi connectivity index (χ2v) is 5.54. The summed E-state index contributed by atoms with van der Waals surface area (Å²) < 4.78 is 11.0. The first-order valence-corrected chi connectivity index (χ1v) is 7.74. The highest BCUT2D eigenvalue weighted by molar-refractivity contribution is 5.78. The molecular formula is C18H20N2O5. The zero-order valence-electron chi connectivity index (χ0n) is 14.1. The number of likely N-dealkylation sites (N-methyl/N-ethyl adjacent to an activating group) is 1. The third kappa shape index (κ3) is 5.80. The normalized spacial score (nSPS) is 11.4. The van der Waals surface area contributed by atoms with Gasteiger partial charge in [-0.3, -0.25) is 9.59 Å². The molecular weight excluding hydrogens is 324 g/mol. The van der Waals surface area contributed by atoms with Gasteiger partial charge < -0.3 is 19.5 Å². The molecule has 7 heteroatoms. The van der Waals surface area contributed by atoms with E-state index in [1.54, 1.807) is 56.6 Å². The van der Waals surface area contributed by atoms with E-state index in [0.717, 1.165) is 0 Å². The van der Waals surface area contributed by atoms with Gasteiger partial charge in [0.1, 0.15) is 11.5 Å². The van der Waals surface area contributed by atoms with Crippen LogP contribution in [0.15, 0.2) is 48.7 Å². The molecule has 0 fully saturated rings. The van der Waals surface area contributed by atoms with Crippen LogP contribution in [0.25, 0.3) is 0 Å². The van der Waals surface area contributed by atoms with E-state index >= 15 is 0 Å². The molecule has 1 atom stereocenters. The number of carbonyl (C=O) groups is 2. The molecule has 0 unspecified atom stereocenters. The van der Waals surface area contributed by atoms with E-state index in [0.29, 0.717) is 17.4 Å². The van der Waals surface area contributed by atoms with Gasteiger partial charge in [0.15, 0.2) is 6.61 Å². The number of aromatic nitrogens is 1. The van der Waals surface area contributed by atoms with Crippen molar-refractivity contribution in [2.24, 2.45) is 5.92 Å². The maximum Gasteiger partial charge on any atom is 0.308 e. The third-order valence-corrected chi connectivity index (χ3v) is 3.44. The van der Waals surface area contributed by atoms with E-state index in [-0.39, 0.29) is 19.1 Å². The Morgan fingerprint density at radius 1 is 1.16 bits per heavy atom. The smallest absolute Gasteiger partial charge is 0.308 e. The van der Waals surface area contributed by atoms with Crippen molar-refractivity contribution in [1.82, 2.24) is 9.88 Å². The standard InChI is InChI=1S/C18H20N2O5/c1-13(18(22)23)11-20(2)17(21)12-24-14-6-8-15(9-7-14)25-16-5-3-4-10-19-16/h3-10,13H,11-12H2,1-2H3,(H,22,23)/t13-/m0/s1. The van der Waals surface area contributed by atoms with E-state index in [1.165, 1.54) is 4.90 Å². The first-order chi connectivity index (χ1) is 12.0. The highest BCUT2D eigenvalue weighted by Crippen LogP contribution is 2.22. The van der Waals surface area contributed by atoms with Crippen molar-refractivity contribution in [3.63, 3.8) is 0 Å². The largest absolute Gasteiger partial charge is 0.484 e. The van der Waals surface area contributed by atoms with Crippen LogP contribution in [0.2, 0.25) is 0 Å². The van der Waals surface area contributed by atoms with Gasteiger partial charge in [-0.15, -0.1) is 0 Å². The van der Waals surface area contributed by atoms with Crippen molar-refractivity contribution >= 4 is 11.9 Å². The summed E-state index contributed by atoms with van der Waals surface area (Å²) in [5.74, 6) is -0.255. The van der Waals surface area contributed by atoms with Crippen LogP contribution < -0.4 is 9.47 Å². The summed E-state index contributed by atoms with van der Waals surface area (Å²) in [6.07, 6.45) is 1.64. The minimum atomic E-state index is -0.941. The molecule has 1 aromatic carbocycles. The molecule has 0 saturated carbocycles. The monoisotopic (exact) mass is 344 g/mol. The van der Waals surface area contributed by atoms with Gasteiger partial charge in [-0.05, 0) is 30.3 Å². The molecule has 1 heterocycles. The Kier molecular flexibility index (Phi) is 6.33. The Morgan fingerprint density at radius 2 is 1.84 bits per heavy atom. The Labute approximate surface area is 145 Å². The average molecular weight is 344 g/mol. The number of pyridine rings is 1. The molecule has 7 nitrogen and oxygen atoms in total. The molecule has 25 heavy (non-hydrogen) atoms. The summed E-state index contributed by atoms with van der Waals surface area (Å²) in [6.45, 7) is 1.52. The van der Waals surface area contributed by atoms with Crippen LogP contribution in [0, 0.1) is 5.92 Å². The number of nitrogens with zero attached hydrogens (tertiary/aromatic N) is 2. The molecule has 1 N–H and O–H groups in total. The number of carboxylic acid groups (broad SMARTS) is 1. The molecule has 0 aliphatic heterocycles. The maximum atomic E-state index is 12.0. The number of benzene rings is 1. The fourth-order valence-corrected chi connectivity index (χ4v) is 1.98. The number of aliphatic carboxylic acids is 1. The molecule has 132 valence electrons. The molecule has 0 aliphatic carbocycles. The lowest BCUT2D eigenvalue weighted by molar-refractivity contribution is -0.143. The lowest BCUT2D eigenvalue weighted by Crippen LogP contribution is -2.36. The summed E-state index contributed by atoms with van der Waals surface area (Å²) in [6, 6.07) is 12.2. The second-order valence-electron chi connectivity index (χ2n) is 5.54. The number of ether oxygens (including phenoxy) is 2. The fourth-order valence-electron chi connectivity index (χ4n) is 1.98. The van der Waals surface area contributed by atoms with Crippen LogP contribution in [0.1, 0.15) is 6.92 Å². The van der Waals surface area contributed by atoms with Crippen molar-refractivity contribution in [2.75, 3.05) is 20.2 Å². The third-order valence-electron chi connectivity index (χ3n) is 3.44. The first kappa shape index (κ1) is 18.3. The van der Waals surface area contributed by atoms with Crippen molar-refractivity contribution in [2.45, 2.75) is 6.92 Å². The lowest BCUT2D eigenvalue weighted by atomic mass is 10.2. The molecule has 0 bridgehead atoms. The van der Waals surface area contributed by atoms with Gasteiger partial charge in [0.25, 0.3) is 5.91 Å². The van der Waals surface area contributed by atoms with Crippen LogP contribution in [0.5, 0.6) is 17.4 Å². The van der Waals surface area contributed by atoms with Crippen LogP contribution >= 0.6 is 0 Å². The molecule has 0 spiro atoms. The first-order valence-electron chi connectivity index (χ1n) is 7.74. The lowest BCUT2D eigenvalue weighted by Gasteiger charge is -2.19. The maximum absolute atomic E-state index is 12.0. The Bertz CT molecular complexity index is 703. The summed E-state index contributed by atoms with van der Waals surface area (Å²) >= 11 is 0. The molecule has 0 saturated heterocycles. The van der Waals surface area contributed by atoms with Crippen molar-refractivity contribution < 1.29 is 24.2 Å². The van der Waals surface area contributed by atoms with E-state index in [9.17, 15) is 9.59 Å². The predicted octanol–water partition coefficient (Wildman–Crippen LogP) is 2.43. The van der Waals surface area contributed by atoms with E-state index < -0.39 is 11.9 Å². The molecule has 2 aromatic rings. The van der Waals surface area contributed by atoms with Gasteiger partial charge in [-0.1, -0.05) is 13.0 Å². The Morgan fingerprint density at radius 3 is 2.44 bits per heavy atom. The van der Waals surface area contributed by atoms with Crippen LogP contribution in [0.3, 0.4) is 0 Å². The van der Waals surface area contributed by atoms with Gasteiger partial charge >= 0.3 is 5.97 Å². The molecule has 2 rings (SSSR count). The quantitative estimate of drug-likeness (QED) is 0.791. The van der Waals surface area contributed by atoms with Gasteiger partial charge in [0.2, 0.25) is 5.88 Å². The Balaban J connectivity index is 1.83. The predicted molar refractivity (Wildman–Crippen MR) is 90.7 cm³/mol. The Hall–Kier alpha value is -3.09. The minimum Gasteiger partial charge on any atom is -0.484 e. The zero-order valence-corrected chi connectivity index (χ0v) is 14.1. The van der Waals surface area contributed by atoms with E-state index in [4.69, 9.17) is 14.6 Å². The number of carboxylic acids is 1. The van der Waals surface area contributed by atoms with Crippen molar-refractivity contribution in [3.8, 4) is 17.4 Å². The van der Waals surface area contributed by atoms with Gasteiger partial charge in [0.05, 0.1) is 5.92 Å². The van der Waals surface area contributed by atoms with Gasteiger partial charge in [-0.25, -0.2) is 4.98 Å². The van der Waals surface area contributed by atoms with Crippen LogP contribution in [0.4, 0.5) is 0 Å². The average Bonchev–Trinajstić information content (AvgIpc) is 2.61. The molecule has 1 amide bonds. The molecule has 0 radical (unpaired) electrons. The highest BCUT2D eigenvalue weighted by atomic mass is 16.5. The summed E-state index contributed by atoms with van der Waals surface area (Å²) in [4.78, 5) is 28.2. The number of rotatable bonds is 8. The molecule has 0 aliphatic rings. The number of hydrogen-bond donors (Lipinski definition) is 1. The summed E-state index contributed by atoms with van der Waals surface area (Å²) in [5, 5.41) is 8.87. The highest BCUT2D eigenvalue weighted by Gasteiger charge is 2.17. The SMILES string of the molecule is C[C@@H](CN(C)C(=O)COc1ccc(Oc2ccccn2)cc1)C(=O)O. The minimum absolute atomic E-state index is 0.133. The second kappa shape index (κ2) is 8.68. The van der Waals surface area contributed by atoms with E-state index in [1.807, 2.05) is 6.07 Å². The van der Waals surface area contributed by atoms with Gasteiger partial charge in [0, 0.05) is 25.9 Å². The van der Waals surface area contributed by atoms with Crippen molar-refractivity contribution in [1.29, 1.82) is 0 Å². The molecule has 1 aromatic heterocycles. The summed E-state index contributed by atoms with van der Waals surface area (Å²) in [5.41, 5.74) is 0. The summed E-state index contributed by atoms with van der Waals surface area (Å²) in [7, 11) is 1.55. The number of hydrogen-bond acceptors (Lipinski definition) is 5. The van der Waals surface area contributed by atoms with Crippen molar-refractivity contribution in [3.05, 3.63) is 48.7 Å². The van der Waals surface area contributed by atoms with Crippen LogP contribution in [-0.2, 0) is 9.59 Å². The van der Waals surface area contributed by atoms with Gasteiger partial charge in [-0.2, -0.15) is 0 Å². The zero-order chi connectivity index (χ0) is 18.2. The number of carbonyl (C=O) groups excluding carboxylic acids is 1. The fraction of sp³-hybridized carbons (Fsp3) is 0.278.